The van der Waals surface area contributed by atoms with Crippen LogP contribution in [0.1, 0.15) is 56.4 Å². The minimum absolute atomic E-state index is 0.0422. The van der Waals surface area contributed by atoms with Gasteiger partial charge < -0.3 is 14.6 Å². The Morgan fingerprint density at radius 2 is 1.79 bits per heavy atom. The molecule has 152 valence electrons. The van der Waals surface area contributed by atoms with Crippen LogP contribution in [-0.2, 0) is 11.2 Å². The Balaban J connectivity index is 1.51. The number of hydrogen-bond donors (Lipinski definition) is 1. The van der Waals surface area contributed by atoms with Crippen molar-refractivity contribution in [3.63, 3.8) is 0 Å². The van der Waals surface area contributed by atoms with Crippen molar-refractivity contribution in [1.82, 2.24) is 20.4 Å². The van der Waals surface area contributed by atoms with Crippen molar-refractivity contribution in [3.8, 4) is 11.5 Å². The zero-order valence-electron chi connectivity index (χ0n) is 17.3. The monoisotopic (exact) mass is 384 g/mol. The van der Waals surface area contributed by atoms with Gasteiger partial charge in [-0.1, -0.05) is 43.4 Å². The van der Waals surface area contributed by atoms with Gasteiger partial charge >= 0.3 is 0 Å². The summed E-state index contributed by atoms with van der Waals surface area (Å²) in [7, 11) is 4.25. The molecule has 28 heavy (non-hydrogen) atoms. The predicted molar refractivity (Wildman–Crippen MR) is 110 cm³/mol. The molecule has 0 saturated heterocycles. The van der Waals surface area contributed by atoms with Gasteiger partial charge in [-0.25, -0.2) is 0 Å². The molecule has 1 aliphatic carbocycles. The van der Waals surface area contributed by atoms with Crippen molar-refractivity contribution < 1.29 is 9.21 Å². The van der Waals surface area contributed by atoms with Gasteiger partial charge in [-0.3, -0.25) is 4.79 Å². The highest BCUT2D eigenvalue weighted by Gasteiger charge is 2.33. The summed E-state index contributed by atoms with van der Waals surface area (Å²) in [4.78, 5) is 14.7. The first-order valence-corrected chi connectivity index (χ1v) is 10.3. The number of benzene rings is 1. The van der Waals surface area contributed by atoms with Crippen molar-refractivity contribution in [2.24, 2.45) is 0 Å². The molecule has 0 unspecified atom stereocenters. The first kappa shape index (κ1) is 20.5. The average Bonchev–Trinajstić information content (AvgIpc) is 3.02. The summed E-state index contributed by atoms with van der Waals surface area (Å²) in [6.45, 7) is 2.74. The first-order valence-electron chi connectivity index (χ1n) is 10.3. The van der Waals surface area contributed by atoms with Gasteiger partial charge in [0.1, 0.15) is 0 Å². The second kappa shape index (κ2) is 9.32. The maximum atomic E-state index is 12.4. The van der Waals surface area contributed by atoms with Gasteiger partial charge in [-0.15, -0.1) is 10.2 Å². The van der Waals surface area contributed by atoms with E-state index in [2.05, 4.69) is 34.5 Å². The molecule has 1 aromatic heterocycles. The van der Waals surface area contributed by atoms with Gasteiger partial charge in [0.05, 0.1) is 0 Å². The average molecular weight is 385 g/mol. The molecular formula is C22H32N4O2. The smallest absolute Gasteiger partial charge is 0.247 e. The predicted octanol–water partition coefficient (Wildman–Crippen LogP) is 3.75. The molecule has 0 atom stereocenters. The van der Waals surface area contributed by atoms with Crippen LogP contribution < -0.4 is 5.32 Å². The molecule has 3 rings (SSSR count). The highest BCUT2D eigenvalue weighted by molar-refractivity contribution is 5.76. The normalized spacial score (nSPS) is 16.7. The van der Waals surface area contributed by atoms with Crippen LogP contribution in [0.5, 0.6) is 0 Å². The number of aryl methyl sites for hydroxylation is 2. The number of carbonyl (C=O) groups excluding carboxylic acids is 1. The van der Waals surface area contributed by atoms with Crippen LogP contribution in [0.3, 0.4) is 0 Å². The SMILES string of the molecule is Cc1ccc(-c2nnc(CCC(=O)NCC3(N(C)C)CCCCCC3)o2)cc1. The van der Waals surface area contributed by atoms with Crippen LogP contribution in [0.4, 0.5) is 0 Å². The van der Waals surface area contributed by atoms with Gasteiger partial charge in [0.15, 0.2) is 0 Å². The molecule has 1 amide bonds. The number of aromatic nitrogens is 2. The van der Waals surface area contributed by atoms with Crippen LogP contribution in [0.2, 0.25) is 0 Å². The summed E-state index contributed by atoms with van der Waals surface area (Å²) in [6, 6.07) is 7.96. The summed E-state index contributed by atoms with van der Waals surface area (Å²) in [5, 5.41) is 11.3. The number of likely N-dealkylation sites (N-methyl/N-ethyl adjacent to an activating group) is 1. The second-order valence-electron chi connectivity index (χ2n) is 8.18. The highest BCUT2D eigenvalue weighted by atomic mass is 16.4. The van der Waals surface area contributed by atoms with Gasteiger partial charge in [0.2, 0.25) is 17.7 Å². The third-order valence-electron chi connectivity index (χ3n) is 5.93. The summed E-state index contributed by atoms with van der Waals surface area (Å²) in [5.41, 5.74) is 2.16. The number of nitrogens with one attached hydrogen (secondary N) is 1. The van der Waals surface area contributed by atoms with Crippen LogP contribution in [-0.4, -0.2) is 47.2 Å². The minimum Gasteiger partial charge on any atom is -0.421 e. The first-order chi connectivity index (χ1) is 13.5. The van der Waals surface area contributed by atoms with E-state index in [-0.39, 0.29) is 11.4 Å². The summed E-state index contributed by atoms with van der Waals surface area (Å²) < 4.78 is 5.72. The molecule has 1 heterocycles. The number of hydrogen-bond acceptors (Lipinski definition) is 5. The molecule has 1 N–H and O–H groups in total. The molecule has 1 saturated carbocycles. The van der Waals surface area contributed by atoms with E-state index in [9.17, 15) is 4.79 Å². The van der Waals surface area contributed by atoms with E-state index in [4.69, 9.17) is 4.42 Å². The van der Waals surface area contributed by atoms with Crippen LogP contribution in [0, 0.1) is 6.92 Å². The van der Waals surface area contributed by atoms with Crippen molar-refractivity contribution >= 4 is 5.91 Å². The zero-order valence-corrected chi connectivity index (χ0v) is 17.3. The number of amides is 1. The molecule has 2 aromatic rings. The van der Waals surface area contributed by atoms with Gasteiger partial charge in [0.25, 0.3) is 0 Å². The van der Waals surface area contributed by atoms with Gasteiger partial charge in [-0.2, -0.15) is 0 Å². The maximum absolute atomic E-state index is 12.4. The molecule has 6 heteroatoms. The Bertz CT molecular complexity index is 759. The molecule has 0 aliphatic heterocycles. The molecule has 1 aliphatic rings. The molecule has 0 spiro atoms. The fourth-order valence-corrected chi connectivity index (χ4v) is 3.91. The minimum atomic E-state index is 0.0422. The standard InChI is InChI=1S/C22H32N4O2/c1-17-8-10-18(11-9-17)21-25-24-20(28-21)13-12-19(27)23-16-22(26(2)3)14-6-4-5-7-15-22/h8-11H,4-7,12-16H2,1-3H3,(H,23,27). The molecule has 1 fully saturated rings. The lowest BCUT2D eigenvalue weighted by Gasteiger charge is -2.39. The topological polar surface area (TPSA) is 71.3 Å². The van der Waals surface area contributed by atoms with E-state index < -0.39 is 0 Å². The van der Waals surface area contributed by atoms with Crippen LogP contribution in [0.15, 0.2) is 28.7 Å². The lowest BCUT2D eigenvalue weighted by molar-refractivity contribution is -0.121. The molecular weight excluding hydrogens is 352 g/mol. The number of nitrogens with zero attached hydrogens (tertiary/aromatic N) is 3. The third kappa shape index (κ3) is 5.19. The molecule has 1 aromatic carbocycles. The summed E-state index contributed by atoms with van der Waals surface area (Å²) >= 11 is 0. The Labute approximate surface area is 167 Å². The van der Waals surface area contributed by atoms with Gasteiger partial charge in [0, 0.05) is 30.5 Å². The van der Waals surface area contributed by atoms with Crippen molar-refractivity contribution in [2.45, 2.75) is 63.8 Å². The number of carbonyl (C=O) groups is 1. The van der Waals surface area contributed by atoms with Crippen LogP contribution in [0.25, 0.3) is 11.5 Å². The Morgan fingerprint density at radius 1 is 1.11 bits per heavy atom. The summed E-state index contributed by atoms with van der Waals surface area (Å²) in [5.74, 6) is 1.04. The van der Waals surface area contributed by atoms with E-state index in [0.29, 0.717) is 31.2 Å². The number of rotatable bonds is 7. The summed E-state index contributed by atoms with van der Waals surface area (Å²) in [6.07, 6.45) is 8.16. The van der Waals surface area contributed by atoms with E-state index in [1.54, 1.807) is 0 Å². The van der Waals surface area contributed by atoms with Crippen molar-refractivity contribution in [2.75, 3.05) is 20.6 Å². The lowest BCUT2D eigenvalue weighted by Crippen LogP contribution is -2.52. The molecule has 0 radical (unpaired) electrons. The van der Waals surface area contributed by atoms with Crippen molar-refractivity contribution in [1.29, 1.82) is 0 Å². The third-order valence-corrected chi connectivity index (χ3v) is 5.93. The van der Waals surface area contributed by atoms with E-state index in [1.807, 2.05) is 31.2 Å². The molecule has 0 bridgehead atoms. The Morgan fingerprint density at radius 3 is 2.43 bits per heavy atom. The Kier molecular flexibility index (Phi) is 6.83. The Hall–Kier alpha value is -2.21. The van der Waals surface area contributed by atoms with Gasteiger partial charge in [-0.05, 0) is 46.0 Å². The second-order valence-corrected chi connectivity index (χ2v) is 8.18. The van der Waals surface area contributed by atoms with Crippen molar-refractivity contribution in [3.05, 3.63) is 35.7 Å². The van der Waals surface area contributed by atoms with E-state index in [1.165, 1.54) is 31.2 Å². The van der Waals surface area contributed by atoms with E-state index in [0.717, 1.165) is 18.4 Å². The maximum Gasteiger partial charge on any atom is 0.247 e. The quantitative estimate of drug-likeness (QED) is 0.736. The van der Waals surface area contributed by atoms with Crippen LogP contribution >= 0.6 is 0 Å². The highest BCUT2D eigenvalue weighted by Crippen LogP contribution is 2.30. The lowest BCUT2D eigenvalue weighted by atomic mass is 9.88. The largest absolute Gasteiger partial charge is 0.421 e. The molecule has 6 nitrogen and oxygen atoms in total. The fraction of sp³-hybridized carbons (Fsp3) is 0.591. The van der Waals surface area contributed by atoms with E-state index >= 15 is 0 Å². The zero-order chi connectivity index (χ0) is 20.0. The fourth-order valence-electron chi connectivity index (χ4n) is 3.91.